The summed E-state index contributed by atoms with van der Waals surface area (Å²) in [6.45, 7) is 0. The first-order valence-corrected chi connectivity index (χ1v) is 7.06. The van der Waals surface area contributed by atoms with Crippen LogP contribution in [0.15, 0.2) is 52.3 Å². The van der Waals surface area contributed by atoms with E-state index in [1.807, 2.05) is 30.3 Å². The zero-order valence-electron chi connectivity index (χ0n) is 10.5. The van der Waals surface area contributed by atoms with Gasteiger partial charge in [-0.2, -0.15) is 0 Å². The van der Waals surface area contributed by atoms with Gasteiger partial charge in [0.05, 0.1) is 0 Å². The second-order valence-corrected chi connectivity index (χ2v) is 4.93. The smallest absolute Gasteiger partial charge is 0.270 e. The van der Waals surface area contributed by atoms with E-state index in [0.29, 0.717) is 6.42 Å². The topological polar surface area (TPSA) is 62.5 Å². The molecule has 0 bridgehead atoms. The highest BCUT2D eigenvalue weighted by molar-refractivity contribution is 7.98. The van der Waals surface area contributed by atoms with Crippen LogP contribution in [0.4, 0.5) is 0 Å². The molecule has 1 aromatic heterocycles. The summed E-state index contributed by atoms with van der Waals surface area (Å²) in [5.41, 5.74) is 0.566. The minimum atomic E-state index is -0.943. The maximum atomic E-state index is 12.1. The fraction of sp³-hybridized carbons (Fsp3) is 0.214. The van der Waals surface area contributed by atoms with Gasteiger partial charge in [0, 0.05) is 12.6 Å². The first kappa shape index (κ1) is 13.7. The molecule has 0 radical (unpaired) electrons. The number of aliphatic hydroxyl groups is 1. The van der Waals surface area contributed by atoms with Crippen molar-refractivity contribution in [2.24, 2.45) is 0 Å². The minimum Gasteiger partial charge on any atom is -0.507 e. The maximum Gasteiger partial charge on any atom is 0.270 e. The van der Waals surface area contributed by atoms with E-state index >= 15 is 0 Å². The van der Waals surface area contributed by atoms with Gasteiger partial charge in [-0.05, 0) is 17.9 Å². The van der Waals surface area contributed by atoms with E-state index in [1.165, 1.54) is 28.6 Å². The van der Waals surface area contributed by atoms with Crippen LogP contribution in [0.2, 0.25) is 0 Å². The molecule has 0 aliphatic carbocycles. The standard InChI is InChI=1S/C14H15NO3S/c1-19-13-11(16)7-8-15(14(13)18)12(17)9-10-5-3-2-4-6-10/h2-8,12,16-17H,9H2,1H3/t12-/m1/s1. The largest absolute Gasteiger partial charge is 0.507 e. The number of pyridine rings is 1. The van der Waals surface area contributed by atoms with Crippen molar-refractivity contribution in [3.63, 3.8) is 0 Å². The van der Waals surface area contributed by atoms with E-state index in [2.05, 4.69) is 0 Å². The Hall–Kier alpha value is -1.72. The minimum absolute atomic E-state index is 0.0549. The normalized spacial score (nSPS) is 12.3. The molecular formula is C14H15NO3S. The van der Waals surface area contributed by atoms with E-state index < -0.39 is 6.23 Å². The Labute approximate surface area is 115 Å². The van der Waals surface area contributed by atoms with E-state index in [1.54, 1.807) is 6.26 Å². The van der Waals surface area contributed by atoms with Crippen LogP contribution in [0.3, 0.4) is 0 Å². The van der Waals surface area contributed by atoms with Crippen LogP contribution in [0.25, 0.3) is 0 Å². The van der Waals surface area contributed by atoms with Crippen molar-refractivity contribution >= 4 is 11.8 Å². The van der Waals surface area contributed by atoms with Gasteiger partial charge in [0.1, 0.15) is 16.9 Å². The first-order valence-electron chi connectivity index (χ1n) is 5.83. The number of hydrogen-bond donors (Lipinski definition) is 2. The Balaban J connectivity index is 2.30. The molecule has 0 saturated heterocycles. The molecule has 0 unspecified atom stereocenters. The number of benzene rings is 1. The summed E-state index contributed by atoms with van der Waals surface area (Å²) >= 11 is 1.17. The SMILES string of the molecule is CSc1c(O)ccn([C@H](O)Cc2ccccc2)c1=O. The molecule has 0 aliphatic heterocycles. The fourth-order valence-corrected chi connectivity index (χ4v) is 2.43. The average molecular weight is 277 g/mol. The Bertz CT molecular complexity index is 610. The van der Waals surface area contributed by atoms with Gasteiger partial charge < -0.3 is 10.2 Å². The van der Waals surface area contributed by atoms with Crippen molar-refractivity contribution < 1.29 is 10.2 Å². The van der Waals surface area contributed by atoms with E-state index in [-0.39, 0.29) is 16.2 Å². The Morgan fingerprint density at radius 1 is 1.26 bits per heavy atom. The molecule has 1 aromatic carbocycles. The van der Waals surface area contributed by atoms with Crippen LogP contribution in [0, 0.1) is 0 Å². The quantitative estimate of drug-likeness (QED) is 0.839. The summed E-state index contributed by atoms with van der Waals surface area (Å²) in [6, 6.07) is 10.9. The molecule has 1 atom stereocenters. The average Bonchev–Trinajstić information content (AvgIpc) is 2.40. The third-order valence-electron chi connectivity index (χ3n) is 2.84. The molecule has 19 heavy (non-hydrogen) atoms. The van der Waals surface area contributed by atoms with E-state index in [9.17, 15) is 15.0 Å². The molecule has 2 rings (SSSR count). The molecule has 0 saturated carbocycles. The Kier molecular flexibility index (Phi) is 4.29. The van der Waals surface area contributed by atoms with Gasteiger partial charge in [-0.15, -0.1) is 11.8 Å². The van der Waals surface area contributed by atoms with Gasteiger partial charge >= 0.3 is 0 Å². The number of thioether (sulfide) groups is 1. The van der Waals surface area contributed by atoms with Crippen LogP contribution < -0.4 is 5.56 Å². The number of rotatable bonds is 4. The van der Waals surface area contributed by atoms with Gasteiger partial charge in [0.25, 0.3) is 5.56 Å². The van der Waals surface area contributed by atoms with Crippen LogP contribution in [0.1, 0.15) is 11.8 Å². The van der Waals surface area contributed by atoms with Gasteiger partial charge in [-0.25, -0.2) is 0 Å². The molecule has 100 valence electrons. The van der Waals surface area contributed by atoms with E-state index in [0.717, 1.165) is 5.56 Å². The summed E-state index contributed by atoms with van der Waals surface area (Å²) in [5.74, 6) is -0.0549. The van der Waals surface area contributed by atoms with Gasteiger partial charge in [0.15, 0.2) is 0 Å². The zero-order valence-corrected chi connectivity index (χ0v) is 11.3. The molecule has 4 nitrogen and oxygen atoms in total. The predicted molar refractivity (Wildman–Crippen MR) is 75.5 cm³/mol. The van der Waals surface area contributed by atoms with Crippen molar-refractivity contribution in [3.8, 4) is 5.75 Å². The molecule has 0 amide bonds. The number of aliphatic hydroxyl groups excluding tert-OH is 1. The van der Waals surface area contributed by atoms with Crippen molar-refractivity contribution in [1.82, 2.24) is 4.57 Å². The maximum absolute atomic E-state index is 12.1. The molecule has 1 heterocycles. The van der Waals surface area contributed by atoms with Crippen LogP contribution >= 0.6 is 11.8 Å². The number of hydrogen-bond acceptors (Lipinski definition) is 4. The Morgan fingerprint density at radius 2 is 1.95 bits per heavy atom. The lowest BCUT2D eigenvalue weighted by molar-refractivity contribution is 0.0993. The highest BCUT2D eigenvalue weighted by Crippen LogP contribution is 2.22. The Morgan fingerprint density at radius 3 is 2.58 bits per heavy atom. The molecule has 5 heteroatoms. The number of aromatic hydroxyl groups is 1. The summed E-state index contributed by atoms with van der Waals surface area (Å²) in [4.78, 5) is 12.3. The summed E-state index contributed by atoms with van der Waals surface area (Å²) in [6.07, 6.45) is 2.52. The second kappa shape index (κ2) is 5.95. The van der Waals surface area contributed by atoms with E-state index in [4.69, 9.17) is 0 Å². The lowest BCUT2D eigenvalue weighted by atomic mass is 10.1. The van der Waals surface area contributed by atoms with Crippen molar-refractivity contribution in [3.05, 3.63) is 58.5 Å². The highest BCUT2D eigenvalue weighted by Gasteiger charge is 2.14. The lowest BCUT2D eigenvalue weighted by Crippen LogP contribution is -2.26. The monoisotopic (exact) mass is 277 g/mol. The van der Waals surface area contributed by atoms with Gasteiger partial charge in [-0.1, -0.05) is 30.3 Å². The molecule has 2 aromatic rings. The lowest BCUT2D eigenvalue weighted by Gasteiger charge is -2.15. The first-order chi connectivity index (χ1) is 9.13. The summed E-state index contributed by atoms with van der Waals surface area (Å²) in [5, 5.41) is 19.7. The molecule has 0 spiro atoms. The zero-order chi connectivity index (χ0) is 13.8. The second-order valence-electron chi connectivity index (χ2n) is 4.12. The van der Waals surface area contributed by atoms with Crippen molar-refractivity contribution in [2.45, 2.75) is 17.5 Å². The summed E-state index contributed by atoms with van der Waals surface area (Å²) in [7, 11) is 0. The van der Waals surface area contributed by atoms with Crippen molar-refractivity contribution in [1.29, 1.82) is 0 Å². The third-order valence-corrected chi connectivity index (χ3v) is 3.63. The molecule has 0 fully saturated rings. The van der Waals surface area contributed by atoms with Crippen LogP contribution in [-0.4, -0.2) is 21.0 Å². The van der Waals surface area contributed by atoms with Crippen LogP contribution in [-0.2, 0) is 6.42 Å². The van der Waals surface area contributed by atoms with Crippen molar-refractivity contribution in [2.75, 3.05) is 6.26 Å². The van der Waals surface area contributed by atoms with Crippen LogP contribution in [0.5, 0.6) is 5.75 Å². The predicted octanol–water partition coefficient (Wildman–Crippen LogP) is 2.01. The third kappa shape index (κ3) is 3.00. The number of nitrogens with zero attached hydrogens (tertiary/aromatic N) is 1. The highest BCUT2D eigenvalue weighted by atomic mass is 32.2. The molecule has 2 N–H and O–H groups in total. The molecular weight excluding hydrogens is 262 g/mol. The molecule has 0 aliphatic rings. The van der Waals surface area contributed by atoms with Gasteiger partial charge in [0.2, 0.25) is 0 Å². The summed E-state index contributed by atoms with van der Waals surface area (Å²) < 4.78 is 1.23. The van der Waals surface area contributed by atoms with Gasteiger partial charge in [-0.3, -0.25) is 9.36 Å². The number of aromatic nitrogens is 1. The fourth-order valence-electron chi connectivity index (χ4n) is 1.87.